The molecular weight excluding hydrogens is 358 g/mol. The van der Waals surface area contributed by atoms with Crippen LogP contribution < -0.4 is 14.8 Å². The molecule has 0 saturated heterocycles. The highest BCUT2D eigenvalue weighted by molar-refractivity contribution is 9.10. The van der Waals surface area contributed by atoms with Crippen LogP contribution in [0, 0.1) is 0 Å². The molecule has 0 fully saturated rings. The summed E-state index contributed by atoms with van der Waals surface area (Å²) in [4.78, 5) is 3.91. The smallest absolute Gasteiger partial charge is 0.267 e. The maximum absolute atomic E-state index is 12.7. The number of rotatable bonds is 4. The maximum Gasteiger partial charge on any atom is 0.267 e. The topological polar surface area (TPSA) is 85.5 Å². The van der Waals surface area contributed by atoms with E-state index >= 15 is 0 Å². The first-order valence-corrected chi connectivity index (χ1v) is 8.13. The highest BCUT2D eigenvalue weighted by Crippen LogP contribution is 2.34. The first-order chi connectivity index (χ1) is 9.87. The number of nitrogen functional groups attached to an aromatic ring is 1. The van der Waals surface area contributed by atoms with Crippen LogP contribution in [0.4, 0.5) is 11.4 Å². The molecule has 0 aliphatic carbocycles. The van der Waals surface area contributed by atoms with Crippen LogP contribution in [0.2, 0.25) is 0 Å². The van der Waals surface area contributed by atoms with Crippen LogP contribution in [0.5, 0.6) is 5.75 Å². The van der Waals surface area contributed by atoms with Crippen LogP contribution in [-0.2, 0) is 10.0 Å². The Bertz CT molecular complexity index is 751. The summed E-state index contributed by atoms with van der Waals surface area (Å²) in [6.07, 6.45) is 3.04. The predicted molar refractivity (Wildman–Crippen MR) is 84.9 cm³/mol. The van der Waals surface area contributed by atoms with Gasteiger partial charge in [-0.3, -0.25) is 9.29 Å². The average Bonchev–Trinajstić information content (AvgIpc) is 2.49. The van der Waals surface area contributed by atoms with Crippen molar-refractivity contribution in [3.63, 3.8) is 0 Å². The molecule has 2 rings (SSSR count). The Balaban J connectivity index is 2.57. The number of sulfonamides is 1. The SMILES string of the molecule is COc1cc(Br)c(N)cc1S(=O)(=O)N(C)c1cccnc1. The van der Waals surface area contributed by atoms with E-state index in [4.69, 9.17) is 10.5 Å². The summed E-state index contributed by atoms with van der Waals surface area (Å²) in [5, 5.41) is 0. The number of methoxy groups -OCH3 is 1. The Morgan fingerprint density at radius 2 is 2.10 bits per heavy atom. The fourth-order valence-corrected chi connectivity index (χ4v) is 3.41. The van der Waals surface area contributed by atoms with Gasteiger partial charge in [-0.25, -0.2) is 8.42 Å². The van der Waals surface area contributed by atoms with E-state index in [1.54, 1.807) is 18.3 Å². The van der Waals surface area contributed by atoms with Crippen molar-refractivity contribution in [1.82, 2.24) is 4.98 Å². The summed E-state index contributed by atoms with van der Waals surface area (Å²) in [7, 11) is -0.954. The number of pyridine rings is 1. The molecule has 1 aromatic carbocycles. The van der Waals surface area contributed by atoms with Crippen LogP contribution in [0.25, 0.3) is 0 Å². The first-order valence-electron chi connectivity index (χ1n) is 5.90. The minimum absolute atomic E-state index is 0.00273. The third-order valence-corrected chi connectivity index (χ3v) is 5.42. The maximum atomic E-state index is 12.7. The van der Waals surface area contributed by atoms with Crippen molar-refractivity contribution in [2.45, 2.75) is 4.90 Å². The molecular formula is C13H14BrN3O3S. The Labute approximate surface area is 131 Å². The van der Waals surface area contributed by atoms with Crippen LogP contribution in [0.1, 0.15) is 0 Å². The first kappa shape index (κ1) is 15.6. The monoisotopic (exact) mass is 371 g/mol. The van der Waals surface area contributed by atoms with Gasteiger partial charge in [0.25, 0.3) is 10.0 Å². The summed E-state index contributed by atoms with van der Waals surface area (Å²) in [5.74, 6) is 0.215. The van der Waals surface area contributed by atoms with Gasteiger partial charge in [0.2, 0.25) is 0 Å². The molecule has 0 radical (unpaired) electrons. The number of ether oxygens (including phenoxy) is 1. The molecule has 2 N–H and O–H groups in total. The van der Waals surface area contributed by atoms with E-state index < -0.39 is 10.0 Å². The van der Waals surface area contributed by atoms with Gasteiger partial charge in [-0.1, -0.05) is 0 Å². The third kappa shape index (κ3) is 2.96. The zero-order valence-electron chi connectivity index (χ0n) is 11.4. The van der Waals surface area contributed by atoms with Gasteiger partial charge in [0.15, 0.2) is 0 Å². The molecule has 0 amide bonds. The molecule has 0 spiro atoms. The van der Waals surface area contributed by atoms with E-state index in [1.807, 2.05) is 0 Å². The second-order valence-electron chi connectivity index (χ2n) is 4.21. The van der Waals surface area contributed by atoms with Gasteiger partial charge in [-0.05, 0) is 40.2 Å². The van der Waals surface area contributed by atoms with E-state index in [-0.39, 0.29) is 10.6 Å². The second-order valence-corrected chi connectivity index (χ2v) is 7.00. The lowest BCUT2D eigenvalue weighted by Crippen LogP contribution is -2.27. The molecule has 0 atom stereocenters. The highest BCUT2D eigenvalue weighted by atomic mass is 79.9. The molecule has 21 heavy (non-hydrogen) atoms. The quantitative estimate of drug-likeness (QED) is 0.833. The number of nitrogens with zero attached hydrogens (tertiary/aromatic N) is 2. The van der Waals surface area contributed by atoms with Crippen molar-refractivity contribution in [2.24, 2.45) is 0 Å². The molecule has 0 aliphatic heterocycles. The van der Waals surface area contributed by atoms with Crippen LogP contribution >= 0.6 is 15.9 Å². The van der Waals surface area contributed by atoms with Crippen molar-refractivity contribution in [3.05, 3.63) is 41.1 Å². The number of hydrogen-bond acceptors (Lipinski definition) is 5. The highest BCUT2D eigenvalue weighted by Gasteiger charge is 2.26. The third-order valence-electron chi connectivity index (χ3n) is 2.93. The normalized spacial score (nSPS) is 11.2. The number of halogens is 1. The summed E-state index contributed by atoms with van der Waals surface area (Å²) in [6, 6.07) is 6.21. The average molecular weight is 372 g/mol. The minimum atomic E-state index is -3.81. The fraction of sp³-hybridized carbons (Fsp3) is 0.154. The largest absolute Gasteiger partial charge is 0.495 e. The van der Waals surface area contributed by atoms with Gasteiger partial charge >= 0.3 is 0 Å². The van der Waals surface area contributed by atoms with E-state index in [9.17, 15) is 8.42 Å². The van der Waals surface area contributed by atoms with E-state index in [0.29, 0.717) is 15.8 Å². The van der Waals surface area contributed by atoms with Crippen molar-refractivity contribution >= 4 is 37.3 Å². The molecule has 1 aromatic heterocycles. The van der Waals surface area contributed by atoms with E-state index in [2.05, 4.69) is 20.9 Å². The van der Waals surface area contributed by atoms with Crippen LogP contribution in [-0.4, -0.2) is 27.6 Å². The molecule has 0 unspecified atom stereocenters. The predicted octanol–water partition coefficient (Wildman–Crippen LogP) is 2.26. The van der Waals surface area contributed by atoms with E-state index in [1.165, 1.54) is 32.5 Å². The van der Waals surface area contributed by atoms with Gasteiger partial charge < -0.3 is 10.5 Å². The Morgan fingerprint density at radius 3 is 2.67 bits per heavy atom. The van der Waals surface area contributed by atoms with Crippen molar-refractivity contribution < 1.29 is 13.2 Å². The summed E-state index contributed by atoms with van der Waals surface area (Å²) in [6.45, 7) is 0. The molecule has 1 heterocycles. The van der Waals surface area contributed by atoms with Crippen molar-refractivity contribution in [2.75, 3.05) is 24.2 Å². The van der Waals surface area contributed by atoms with Gasteiger partial charge in [0.1, 0.15) is 10.6 Å². The van der Waals surface area contributed by atoms with Crippen molar-refractivity contribution in [3.8, 4) is 5.75 Å². The van der Waals surface area contributed by atoms with Crippen molar-refractivity contribution in [1.29, 1.82) is 0 Å². The standard InChI is InChI=1S/C13H14BrN3O3S/c1-17(9-4-3-5-16-8-9)21(18,19)13-7-11(15)10(14)6-12(13)20-2/h3-8H,15H2,1-2H3. The van der Waals surface area contributed by atoms with Gasteiger partial charge in [-0.15, -0.1) is 0 Å². The number of anilines is 2. The van der Waals surface area contributed by atoms with E-state index in [0.717, 1.165) is 4.31 Å². The molecule has 2 aromatic rings. The number of hydrogen-bond donors (Lipinski definition) is 1. The number of benzene rings is 1. The molecule has 0 bridgehead atoms. The second kappa shape index (κ2) is 5.90. The van der Waals surface area contributed by atoms with Crippen LogP contribution in [0.3, 0.4) is 0 Å². The molecule has 6 nitrogen and oxygen atoms in total. The minimum Gasteiger partial charge on any atom is -0.495 e. The summed E-state index contributed by atoms with van der Waals surface area (Å²) >= 11 is 3.25. The van der Waals surface area contributed by atoms with Gasteiger partial charge in [-0.2, -0.15) is 0 Å². The fourth-order valence-electron chi connectivity index (χ4n) is 1.74. The lowest BCUT2D eigenvalue weighted by atomic mass is 10.3. The molecule has 112 valence electrons. The summed E-state index contributed by atoms with van der Waals surface area (Å²) < 4.78 is 32.3. The lowest BCUT2D eigenvalue weighted by molar-refractivity contribution is 0.402. The van der Waals surface area contributed by atoms with Gasteiger partial charge in [0, 0.05) is 23.4 Å². The lowest BCUT2D eigenvalue weighted by Gasteiger charge is -2.21. The Kier molecular flexibility index (Phi) is 4.38. The number of nitrogens with two attached hydrogens (primary N) is 1. The Morgan fingerprint density at radius 1 is 1.38 bits per heavy atom. The van der Waals surface area contributed by atoms with Gasteiger partial charge in [0.05, 0.1) is 19.0 Å². The zero-order chi connectivity index (χ0) is 15.6. The van der Waals surface area contributed by atoms with Crippen LogP contribution in [0.15, 0.2) is 46.0 Å². The number of aromatic nitrogens is 1. The zero-order valence-corrected chi connectivity index (χ0v) is 13.8. The Hall–Kier alpha value is -1.80. The summed E-state index contributed by atoms with van der Waals surface area (Å²) in [5.41, 5.74) is 6.54. The molecule has 8 heteroatoms. The molecule has 0 saturated carbocycles. The molecule has 0 aliphatic rings.